The zero-order valence-electron chi connectivity index (χ0n) is 41.8. The molecule has 0 amide bonds. The van der Waals surface area contributed by atoms with E-state index in [1.54, 1.807) is 24.3 Å². The van der Waals surface area contributed by atoms with Crippen LogP contribution in [-0.4, -0.2) is 57.7 Å². The van der Waals surface area contributed by atoms with Gasteiger partial charge >= 0.3 is 11.9 Å². The summed E-state index contributed by atoms with van der Waals surface area (Å²) in [6.45, 7) is 9.14. The second-order valence-electron chi connectivity index (χ2n) is 16.6. The first-order valence-electron chi connectivity index (χ1n) is 25.0. The van der Waals surface area contributed by atoms with Crippen molar-refractivity contribution in [2.24, 2.45) is 5.73 Å². The Balaban J connectivity index is 0.000000263. The normalized spacial score (nSPS) is 10.4. The number of esters is 2. The molecule has 0 unspecified atom stereocenters. The van der Waals surface area contributed by atoms with E-state index in [0.29, 0.717) is 57.0 Å². The van der Waals surface area contributed by atoms with E-state index in [1.807, 2.05) is 80.6 Å². The largest absolute Gasteiger partial charge is 0.494 e. The lowest BCUT2D eigenvalue weighted by atomic mass is 10.1. The maximum absolute atomic E-state index is 12.0. The van der Waals surface area contributed by atoms with Crippen molar-refractivity contribution in [3.8, 4) is 23.0 Å². The minimum absolute atomic E-state index is 0.215. The Labute approximate surface area is 422 Å². The molecule has 0 atom stereocenters. The SMILES string of the molecule is CCOc1ccc(COC(=O)CCCOc2cccc(C=O)c2)cc1.CCOc1ccc(COC(=O)CCCOc2cccc(CNCCCCc3ccccc3)c2)cc1.NCCCCc1ccccc1. The Morgan fingerprint density at radius 1 is 0.479 bits per heavy atom. The summed E-state index contributed by atoms with van der Waals surface area (Å²) in [5, 5.41) is 3.51. The van der Waals surface area contributed by atoms with E-state index in [9.17, 15) is 14.4 Å². The molecule has 11 nitrogen and oxygen atoms in total. The number of aldehydes is 1. The molecule has 0 saturated carbocycles. The molecule has 0 aromatic heterocycles. The van der Waals surface area contributed by atoms with Crippen LogP contribution in [0.4, 0.5) is 0 Å². The molecule has 0 heterocycles. The van der Waals surface area contributed by atoms with E-state index >= 15 is 0 Å². The maximum atomic E-state index is 12.0. The molecule has 3 N–H and O–H groups in total. The lowest BCUT2D eigenvalue weighted by molar-refractivity contribution is -0.146. The van der Waals surface area contributed by atoms with E-state index in [-0.39, 0.29) is 31.6 Å². The number of hydrogen-bond acceptors (Lipinski definition) is 11. The molecule has 6 aromatic carbocycles. The van der Waals surface area contributed by atoms with Crippen molar-refractivity contribution in [1.82, 2.24) is 5.32 Å². The number of benzene rings is 6. The van der Waals surface area contributed by atoms with E-state index in [2.05, 4.69) is 72.0 Å². The third kappa shape index (κ3) is 26.0. The highest BCUT2D eigenvalue weighted by molar-refractivity contribution is 5.75. The predicted molar refractivity (Wildman–Crippen MR) is 282 cm³/mol. The number of carbonyl (C=O) groups is 3. The van der Waals surface area contributed by atoms with Gasteiger partial charge in [-0.3, -0.25) is 14.4 Å². The van der Waals surface area contributed by atoms with Gasteiger partial charge in [0.1, 0.15) is 42.5 Å². The second-order valence-corrected chi connectivity index (χ2v) is 16.6. The molecule has 0 fully saturated rings. The number of nitrogens with two attached hydrogens (primary N) is 1. The third-order valence-corrected chi connectivity index (χ3v) is 10.8. The van der Waals surface area contributed by atoms with Gasteiger partial charge in [0.25, 0.3) is 0 Å². The van der Waals surface area contributed by atoms with Crippen LogP contribution in [0.5, 0.6) is 23.0 Å². The Morgan fingerprint density at radius 3 is 1.45 bits per heavy atom. The summed E-state index contributed by atoms with van der Waals surface area (Å²) >= 11 is 0. The Hall–Kier alpha value is -6.95. The topological polar surface area (TPSA) is 145 Å². The first-order chi connectivity index (χ1) is 34.9. The second kappa shape index (κ2) is 36.1. The van der Waals surface area contributed by atoms with Gasteiger partial charge in [0.05, 0.1) is 26.4 Å². The van der Waals surface area contributed by atoms with Crippen LogP contribution in [0.2, 0.25) is 0 Å². The summed E-state index contributed by atoms with van der Waals surface area (Å²) in [5.74, 6) is 2.59. The molecule has 378 valence electrons. The summed E-state index contributed by atoms with van der Waals surface area (Å²) in [6.07, 6.45) is 9.52. The Morgan fingerprint density at radius 2 is 0.958 bits per heavy atom. The van der Waals surface area contributed by atoms with Crippen LogP contribution >= 0.6 is 0 Å². The standard InChI is InChI=1S/C30H37NO4.C20H22O5.C10H15N/c1-2-33-28-18-16-26(17-19-28)24-35-30(32)15-9-21-34-29-14-8-13-27(22-29)23-31-20-7-6-12-25-10-4-3-5-11-25;1-2-23-18-10-8-16(9-11-18)15-25-20(22)7-4-12-24-19-6-3-5-17(13-19)14-21;11-9-5-4-8-10-6-2-1-3-7-10/h3-5,8,10-11,13-14,16-19,22,31H,2,6-7,9,12,15,20-21,23-24H2,1H3;3,5-6,8-11,13-14H,2,4,7,12,15H2,1H3;1-3,6-7H,4-5,8-9,11H2. The van der Waals surface area contributed by atoms with E-state index in [0.717, 1.165) is 80.0 Å². The highest BCUT2D eigenvalue weighted by Crippen LogP contribution is 2.17. The summed E-state index contributed by atoms with van der Waals surface area (Å²) in [6, 6.07) is 51.2. The monoisotopic (exact) mass is 967 g/mol. The summed E-state index contributed by atoms with van der Waals surface area (Å²) in [5.41, 5.74) is 11.8. The fourth-order valence-corrected chi connectivity index (χ4v) is 6.98. The highest BCUT2D eigenvalue weighted by atomic mass is 16.5. The number of ether oxygens (including phenoxy) is 6. The molecular formula is C60H74N2O9. The van der Waals surface area contributed by atoms with Gasteiger partial charge in [-0.25, -0.2) is 0 Å². The fraction of sp³-hybridized carbons (Fsp3) is 0.350. The van der Waals surface area contributed by atoms with Gasteiger partial charge in [-0.1, -0.05) is 109 Å². The molecule has 6 rings (SSSR count). The van der Waals surface area contributed by atoms with Crippen molar-refractivity contribution >= 4 is 18.2 Å². The molecule has 0 saturated heterocycles. The number of nitrogens with one attached hydrogen (secondary N) is 1. The average molecular weight is 967 g/mol. The first kappa shape index (κ1) is 56.6. The number of hydrogen-bond donors (Lipinski definition) is 2. The van der Waals surface area contributed by atoms with E-state index in [1.165, 1.54) is 29.5 Å². The van der Waals surface area contributed by atoms with Crippen LogP contribution < -0.4 is 30.0 Å². The van der Waals surface area contributed by atoms with Crippen molar-refractivity contribution < 1.29 is 42.8 Å². The lowest BCUT2D eigenvalue weighted by Gasteiger charge is -2.10. The van der Waals surface area contributed by atoms with Gasteiger partial charge in [0, 0.05) is 24.9 Å². The molecule has 11 heteroatoms. The molecular weight excluding hydrogens is 893 g/mol. The summed E-state index contributed by atoms with van der Waals surface area (Å²) in [7, 11) is 0. The quantitative estimate of drug-likeness (QED) is 0.0253. The predicted octanol–water partition coefficient (Wildman–Crippen LogP) is 11.9. The van der Waals surface area contributed by atoms with E-state index < -0.39 is 0 Å². The molecule has 0 radical (unpaired) electrons. The highest BCUT2D eigenvalue weighted by Gasteiger charge is 2.07. The molecule has 6 aromatic rings. The number of unbranched alkanes of at least 4 members (excludes halogenated alkanes) is 2. The first-order valence-corrected chi connectivity index (χ1v) is 25.0. The Kier molecular flexibility index (Phi) is 28.8. The lowest BCUT2D eigenvalue weighted by Crippen LogP contribution is -2.15. The number of carbonyl (C=O) groups excluding carboxylic acids is 3. The molecule has 0 aliphatic heterocycles. The van der Waals surface area contributed by atoms with Crippen molar-refractivity contribution in [3.63, 3.8) is 0 Å². The van der Waals surface area contributed by atoms with Gasteiger partial charge in [0.15, 0.2) is 0 Å². The third-order valence-electron chi connectivity index (χ3n) is 10.8. The zero-order chi connectivity index (χ0) is 50.4. The van der Waals surface area contributed by atoms with Crippen LogP contribution in [0.25, 0.3) is 0 Å². The smallest absolute Gasteiger partial charge is 0.306 e. The maximum Gasteiger partial charge on any atom is 0.306 e. The van der Waals surface area contributed by atoms with Gasteiger partial charge < -0.3 is 39.5 Å². The van der Waals surface area contributed by atoms with Crippen LogP contribution in [0.15, 0.2) is 158 Å². The average Bonchev–Trinajstić information content (AvgIpc) is 3.41. The molecule has 71 heavy (non-hydrogen) atoms. The van der Waals surface area contributed by atoms with Crippen molar-refractivity contribution in [3.05, 3.63) is 191 Å². The zero-order valence-corrected chi connectivity index (χ0v) is 41.8. The Bertz CT molecular complexity index is 2330. The fourth-order valence-electron chi connectivity index (χ4n) is 6.98. The molecule has 0 aliphatic rings. The van der Waals surface area contributed by atoms with Crippen LogP contribution in [0.3, 0.4) is 0 Å². The summed E-state index contributed by atoms with van der Waals surface area (Å²) < 4.78 is 32.7. The van der Waals surface area contributed by atoms with Crippen molar-refractivity contribution in [1.29, 1.82) is 0 Å². The van der Waals surface area contributed by atoms with Gasteiger partial charge in [-0.05, 0) is 155 Å². The van der Waals surface area contributed by atoms with E-state index in [4.69, 9.17) is 34.2 Å². The van der Waals surface area contributed by atoms with Crippen molar-refractivity contribution in [2.45, 2.75) is 97.8 Å². The van der Waals surface area contributed by atoms with Crippen LogP contribution in [0, 0.1) is 0 Å². The van der Waals surface area contributed by atoms with Crippen LogP contribution in [0.1, 0.15) is 103 Å². The number of rotatable bonds is 30. The number of aryl methyl sites for hydroxylation is 2. The molecule has 0 spiro atoms. The summed E-state index contributed by atoms with van der Waals surface area (Å²) in [4.78, 5) is 34.5. The van der Waals surface area contributed by atoms with Crippen LogP contribution in [-0.2, 0) is 51.7 Å². The van der Waals surface area contributed by atoms with Gasteiger partial charge in [0.2, 0.25) is 0 Å². The van der Waals surface area contributed by atoms with Gasteiger partial charge in [-0.2, -0.15) is 0 Å². The molecule has 0 aliphatic carbocycles. The van der Waals surface area contributed by atoms with Crippen molar-refractivity contribution in [2.75, 3.05) is 39.5 Å². The van der Waals surface area contributed by atoms with Gasteiger partial charge in [-0.15, -0.1) is 0 Å². The minimum atomic E-state index is -0.265. The molecule has 0 bridgehead atoms. The minimum Gasteiger partial charge on any atom is -0.494 e.